The predicted molar refractivity (Wildman–Crippen MR) is 48.1 cm³/mol. The summed E-state index contributed by atoms with van der Waals surface area (Å²) < 4.78 is 0. The van der Waals surface area contributed by atoms with Gasteiger partial charge in [-0.05, 0) is 20.4 Å². The van der Waals surface area contributed by atoms with E-state index >= 15 is 0 Å². The Morgan fingerprint density at radius 2 is 2.42 bits per heavy atom. The zero-order chi connectivity index (χ0) is 8.97. The average Bonchev–Trinajstić information content (AvgIpc) is 2.52. The summed E-state index contributed by atoms with van der Waals surface area (Å²) >= 11 is 0. The molecule has 0 aromatic carbocycles. The molecule has 2 N–H and O–H groups in total. The molecule has 1 heterocycles. The van der Waals surface area contributed by atoms with Crippen LogP contribution in [0.2, 0.25) is 0 Å². The summed E-state index contributed by atoms with van der Waals surface area (Å²) in [5.41, 5.74) is 0. The number of carbonyl (C=O) groups excluding carboxylic acids is 1. The SMILES string of the molecule is CCNC(=O)N1CC[C@@H](NC)C1. The molecular weight excluding hydrogens is 154 g/mol. The molecule has 2 amide bonds. The van der Waals surface area contributed by atoms with E-state index in [0.29, 0.717) is 12.6 Å². The number of nitrogens with zero attached hydrogens (tertiary/aromatic N) is 1. The van der Waals surface area contributed by atoms with E-state index in [1.165, 1.54) is 0 Å². The van der Waals surface area contributed by atoms with Crippen LogP contribution in [-0.4, -0.2) is 43.7 Å². The van der Waals surface area contributed by atoms with E-state index in [1.807, 2.05) is 18.9 Å². The highest BCUT2D eigenvalue weighted by atomic mass is 16.2. The Hall–Kier alpha value is -0.770. The number of hydrogen-bond donors (Lipinski definition) is 2. The van der Waals surface area contributed by atoms with Gasteiger partial charge in [0.2, 0.25) is 0 Å². The maximum absolute atomic E-state index is 11.3. The van der Waals surface area contributed by atoms with Crippen molar-refractivity contribution in [1.29, 1.82) is 0 Å². The van der Waals surface area contributed by atoms with E-state index in [2.05, 4.69) is 10.6 Å². The number of nitrogens with one attached hydrogen (secondary N) is 2. The normalized spacial score (nSPS) is 22.8. The second kappa shape index (κ2) is 4.30. The van der Waals surface area contributed by atoms with Crippen molar-refractivity contribution in [1.82, 2.24) is 15.5 Å². The predicted octanol–water partition coefficient (Wildman–Crippen LogP) is 0.00960. The van der Waals surface area contributed by atoms with Crippen LogP contribution in [0, 0.1) is 0 Å². The fraction of sp³-hybridized carbons (Fsp3) is 0.875. The lowest BCUT2D eigenvalue weighted by atomic mass is 10.3. The molecule has 0 aromatic heterocycles. The quantitative estimate of drug-likeness (QED) is 0.614. The lowest BCUT2D eigenvalue weighted by molar-refractivity contribution is 0.208. The third-order valence-corrected chi connectivity index (χ3v) is 2.21. The van der Waals surface area contributed by atoms with E-state index in [-0.39, 0.29) is 6.03 Å². The van der Waals surface area contributed by atoms with Crippen molar-refractivity contribution in [2.75, 3.05) is 26.7 Å². The molecule has 70 valence electrons. The highest BCUT2D eigenvalue weighted by Gasteiger charge is 2.24. The fourth-order valence-electron chi connectivity index (χ4n) is 1.44. The van der Waals surface area contributed by atoms with Crippen molar-refractivity contribution in [3.63, 3.8) is 0 Å². The molecule has 1 rings (SSSR count). The zero-order valence-electron chi connectivity index (χ0n) is 7.76. The zero-order valence-corrected chi connectivity index (χ0v) is 7.76. The van der Waals surface area contributed by atoms with Crippen molar-refractivity contribution in [2.45, 2.75) is 19.4 Å². The minimum absolute atomic E-state index is 0.0650. The van der Waals surface area contributed by atoms with Gasteiger partial charge in [0, 0.05) is 25.7 Å². The third kappa shape index (κ3) is 2.11. The van der Waals surface area contributed by atoms with Crippen LogP contribution in [0.25, 0.3) is 0 Å². The van der Waals surface area contributed by atoms with Crippen molar-refractivity contribution in [2.24, 2.45) is 0 Å². The summed E-state index contributed by atoms with van der Waals surface area (Å²) in [4.78, 5) is 13.1. The van der Waals surface area contributed by atoms with Gasteiger partial charge in [0.15, 0.2) is 0 Å². The van der Waals surface area contributed by atoms with E-state index in [1.54, 1.807) is 0 Å². The molecule has 1 aliphatic rings. The van der Waals surface area contributed by atoms with E-state index in [0.717, 1.165) is 19.5 Å². The molecule has 12 heavy (non-hydrogen) atoms. The fourth-order valence-corrected chi connectivity index (χ4v) is 1.44. The lowest BCUT2D eigenvalue weighted by Crippen LogP contribution is -2.40. The standard InChI is InChI=1S/C8H17N3O/c1-3-10-8(12)11-5-4-7(6-11)9-2/h7,9H,3-6H2,1-2H3,(H,10,12)/t7-/m1/s1. The van der Waals surface area contributed by atoms with Gasteiger partial charge >= 0.3 is 6.03 Å². The maximum atomic E-state index is 11.3. The Bertz CT molecular complexity index is 160. The molecule has 0 bridgehead atoms. The van der Waals surface area contributed by atoms with Gasteiger partial charge in [-0.15, -0.1) is 0 Å². The monoisotopic (exact) mass is 171 g/mol. The van der Waals surface area contributed by atoms with Crippen LogP contribution in [0.5, 0.6) is 0 Å². The highest BCUT2D eigenvalue weighted by Crippen LogP contribution is 2.07. The molecule has 0 spiro atoms. The minimum Gasteiger partial charge on any atom is -0.338 e. The van der Waals surface area contributed by atoms with Crippen LogP contribution in [-0.2, 0) is 0 Å². The Kier molecular flexibility index (Phi) is 3.34. The highest BCUT2D eigenvalue weighted by molar-refractivity contribution is 5.74. The average molecular weight is 171 g/mol. The first-order chi connectivity index (χ1) is 5.77. The van der Waals surface area contributed by atoms with Gasteiger partial charge in [0.25, 0.3) is 0 Å². The molecule has 4 nitrogen and oxygen atoms in total. The maximum Gasteiger partial charge on any atom is 0.317 e. The van der Waals surface area contributed by atoms with E-state index < -0.39 is 0 Å². The van der Waals surface area contributed by atoms with Crippen LogP contribution in [0.15, 0.2) is 0 Å². The van der Waals surface area contributed by atoms with Gasteiger partial charge < -0.3 is 15.5 Å². The van der Waals surface area contributed by atoms with Crippen molar-refractivity contribution in [3.05, 3.63) is 0 Å². The van der Waals surface area contributed by atoms with Crippen molar-refractivity contribution in [3.8, 4) is 0 Å². The molecule has 1 saturated heterocycles. The first kappa shape index (κ1) is 9.32. The smallest absolute Gasteiger partial charge is 0.317 e. The Labute approximate surface area is 73.3 Å². The van der Waals surface area contributed by atoms with Crippen LogP contribution in [0.4, 0.5) is 4.79 Å². The first-order valence-corrected chi connectivity index (χ1v) is 4.48. The number of urea groups is 1. The number of likely N-dealkylation sites (N-methyl/N-ethyl adjacent to an activating group) is 1. The molecular formula is C8H17N3O. The molecule has 1 aliphatic heterocycles. The molecule has 0 aromatic rings. The van der Waals surface area contributed by atoms with Crippen molar-refractivity contribution < 1.29 is 4.79 Å². The number of hydrogen-bond acceptors (Lipinski definition) is 2. The van der Waals surface area contributed by atoms with Gasteiger partial charge in [-0.2, -0.15) is 0 Å². The van der Waals surface area contributed by atoms with Gasteiger partial charge in [0.1, 0.15) is 0 Å². The second-order valence-corrected chi connectivity index (χ2v) is 3.06. The topological polar surface area (TPSA) is 44.4 Å². The second-order valence-electron chi connectivity index (χ2n) is 3.06. The van der Waals surface area contributed by atoms with Gasteiger partial charge in [-0.25, -0.2) is 4.79 Å². The van der Waals surface area contributed by atoms with Crippen LogP contribution in [0.3, 0.4) is 0 Å². The lowest BCUT2D eigenvalue weighted by Gasteiger charge is -2.16. The molecule has 0 aliphatic carbocycles. The number of rotatable bonds is 2. The summed E-state index contributed by atoms with van der Waals surface area (Å²) in [6.07, 6.45) is 1.06. The van der Waals surface area contributed by atoms with Crippen LogP contribution < -0.4 is 10.6 Å². The summed E-state index contributed by atoms with van der Waals surface area (Å²) in [5, 5.41) is 5.96. The molecule has 1 atom stereocenters. The number of carbonyl (C=O) groups is 1. The Morgan fingerprint density at radius 3 is 2.92 bits per heavy atom. The summed E-state index contributed by atoms with van der Waals surface area (Å²) in [6, 6.07) is 0.544. The minimum atomic E-state index is 0.0650. The largest absolute Gasteiger partial charge is 0.338 e. The number of likely N-dealkylation sites (tertiary alicyclic amines) is 1. The number of amides is 2. The van der Waals surface area contributed by atoms with Gasteiger partial charge in [-0.3, -0.25) is 0 Å². The van der Waals surface area contributed by atoms with E-state index in [4.69, 9.17) is 0 Å². The first-order valence-electron chi connectivity index (χ1n) is 4.48. The van der Waals surface area contributed by atoms with Crippen LogP contribution in [0.1, 0.15) is 13.3 Å². The molecule has 0 radical (unpaired) electrons. The molecule has 4 heteroatoms. The summed E-state index contributed by atoms with van der Waals surface area (Å²) in [6.45, 7) is 4.35. The molecule has 1 fully saturated rings. The summed E-state index contributed by atoms with van der Waals surface area (Å²) in [5.74, 6) is 0. The van der Waals surface area contributed by atoms with Crippen LogP contribution >= 0.6 is 0 Å². The third-order valence-electron chi connectivity index (χ3n) is 2.21. The molecule has 0 unspecified atom stereocenters. The Balaban J connectivity index is 2.31. The van der Waals surface area contributed by atoms with Gasteiger partial charge in [0.05, 0.1) is 0 Å². The molecule has 0 saturated carbocycles. The van der Waals surface area contributed by atoms with Crippen molar-refractivity contribution >= 4 is 6.03 Å². The van der Waals surface area contributed by atoms with Gasteiger partial charge in [-0.1, -0.05) is 0 Å². The van der Waals surface area contributed by atoms with E-state index in [9.17, 15) is 4.79 Å². The Morgan fingerprint density at radius 1 is 1.67 bits per heavy atom. The summed E-state index contributed by atoms with van der Waals surface area (Å²) in [7, 11) is 1.94.